The highest BCUT2D eigenvalue weighted by Crippen LogP contribution is 2.10. The van der Waals surface area contributed by atoms with Crippen LogP contribution in [-0.2, 0) is 13.0 Å². The van der Waals surface area contributed by atoms with Gasteiger partial charge in [0.05, 0.1) is 11.9 Å². The van der Waals surface area contributed by atoms with Crippen LogP contribution in [0, 0.1) is 0 Å². The second-order valence-electron chi connectivity index (χ2n) is 3.52. The van der Waals surface area contributed by atoms with Crippen LogP contribution in [0.2, 0.25) is 0 Å². The third kappa shape index (κ3) is 2.07. The molecule has 0 saturated carbocycles. The van der Waals surface area contributed by atoms with E-state index in [1.807, 2.05) is 35.1 Å². The van der Waals surface area contributed by atoms with Crippen molar-refractivity contribution in [1.29, 1.82) is 0 Å². The summed E-state index contributed by atoms with van der Waals surface area (Å²) < 4.78 is 1.89. The van der Waals surface area contributed by atoms with Crippen molar-refractivity contribution in [2.75, 3.05) is 0 Å². The number of benzene rings is 1. The van der Waals surface area contributed by atoms with E-state index in [2.05, 4.69) is 18.2 Å². The van der Waals surface area contributed by atoms with Crippen molar-refractivity contribution in [3.05, 3.63) is 47.8 Å². The average molecular weight is 201 g/mol. The number of aryl methyl sites for hydroxylation is 1. The van der Waals surface area contributed by atoms with Gasteiger partial charge in [0.25, 0.3) is 0 Å². The van der Waals surface area contributed by atoms with Gasteiger partial charge < -0.3 is 5.73 Å². The summed E-state index contributed by atoms with van der Waals surface area (Å²) in [5.74, 6) is 0. The third-order valence-electron chi connectivity index (χ3n) is 2.48. The minimum atomic E-state index is 0.583. The lowest BCUT2D eigenvalue weighted by atomic mass is 10.2. The molecule has 0 bridgehead atoms. The summed E-state index contributed by atoms with van der Waals surface area (Å²) in [5.41, 5.74) is 9.01. The van der Waals surface area contributed by atoms with Gasteiger partial charge in [-0.25, -0.2) is 4.68 Å². The van der Waals surface area contributed by atoms with Gasteiger partial charge in [0.2, 0.25) is 0 Å². The first-order chi connectivity index (χ1) is 7.33. The maximum atomic E-state index is 5.54. The minimum absolute atomic E-state index is 0.583. The molecule has 2 rings (SSSR count). The zero-order valence-corrected chi connectivity index (χ0v) is 8.85. The molecule has 0 aliphatic rings. The first-order valence-corrected chi connectivity index (χ1v) is 5.16. The Hall–Kier alpha value is -1.61. The zero-order valence-electron chi connectivity index (χ0n) is 8.85. The van der Waals surface area contributed by atoms with Crippen molar-refractivity contribution < 1.29 is 0 Å². The predicted molar refractivity (Wildman–Crippen MR) is 60.8 cm³/mol. The predicted octanol–water partition coefficient (Wildman–Crippen LogP) is 1.89. The van der Waals surface area contributed by atoms with Gasteiger partial charge in [0, 0.05) is 12.7 Å². The fourth-order valence-electron chi connectivity index (χ4n) is 1.47. The molecule has 3 nitrogen and oxygen atoms in total. The topological polar surface area (TPSA) is 43.8 Å². The molecule has 1 heterocycles. The summed E-state index contributed by atoms with van der Waals surface area (Å²) in [4.78, 5) is 0. The molecule has 15 heavy (non-hydrogen) atoms. The lowest BCUT2D eigenvalue weighted by Gasteiger charge is -2.02. The van der Waals surface area contributed by atoms with E-state index in [1.54, 1.807) is 0 Å². The van der Waals surface area contributed by atoms with Crippen molar-refractivity contribution in [3.63, 3.8) is 0 Å². The summed E-state index contributed by atoms with van der Waals surface area (Å²) >= 11 is 0. The van der Waals surface area contributed by atoms with E-state index in [0.717, 1.165) is 17.7 Å². The molecule has 3 heteroatoms. The van der Waals surface area contributed by atoms with Crippen LogP contribution in [0.25, 0.3) is 5.69 Å². The maximum Gasteiger partial charge on any atom is 0.0645 e. The molecular formula is C12H15N3. The van der Waals surface area contributed by atoms with Crippen LogP contribution in [0.5, 0.6) is 0 Å². The first kappa shape index (κ1) is 9.93. The molecule has 0 unspecified atom stereocenters. The molecule has 0 aliphatic heterocycles. The Morgan fingerprint density at radius 1 is 1.20 bits per heavy atom. The number of nitrogens with zero attached hydrogens (tertiary/aromatic N) is 2. The number of rotatable bonds is 3. The third-order valence-corrected chi connectivity index (χ3v) is 2.48. The Morgan fingerprint density at radius 3 is 2.47 bits per heavy atom. The van der Waals surface area contributed by atoms with E-state index < -0.39 is 0 Å². The molecule has 0 radical (unpaired) electrons. The van der Waals surface area contributed by atoms with Crippen molar-refractivity contribution >= 4 is 0 Å². The Kier molecular flexibility index (Phi) is 2.83. The maximum absolute atomic E-state index is 5.54. The van der Waals surface area contributed by atoms with Gasteiger partial charge in [-0.2, -0.15) is 5.10 Å². The van der Waals surface area contributed by atoms with Crippen LogP contribution in [-0.4, -0.2) is 9.78 Å². The fraction of sp³-hybridized carbons (Fsp3) is 0.250. The number of aromatic nitrogens is 2. The van der Waals surface area contributed by atoms with Crippen LogP contribution in [0.15, 0.2) is 36.7 Å². The van der Waals surface area contributed by atoms with E-state index >= 15 is 0 Å². The Balaban J connectivity index is 2.28. The number of nitrogens with two attached hydrogens (primary N) is 1. The van der Waals surface area contributed by atoms with E-state index in [4.69, 9.17) is 5.73 Å². The molecule has 2 aromatic rings. The molecule has 0 saturated heterocycles. The molecule has 0 amide bonds. The molecule has 0 aliphatic carbocycles. The van der Waals surface area contributed by atoms with Gasteiger partial charge in [-0.3, -0.25) is 0 Å². The fourth-order valence-corrected chi connectivity index (χ4v) is 1.47. The van der Waals surface area contributed by atoms with Gasteiger partial charge in [0.1, 0.15) is 0 Å². The van der Waals surface area contributed by atoms with Gasteiger partial charge in [-0.15, -0.1) is 0 Å². The molecule has 0 fully saturated rings. The van der Waals surface area contributed by atoms with E-state index in [-0.39, 0.29) is 0 Å². The van der Waals surface area contributed by atoms with Gasteiger partial charge in [-0.05, 0) is 29.7 Å². The molecule has 0 atom stereocenters. The van der Waals surface area contributed by atoms with E-state index in [9.17, 15) is 0 Å². The molecule has 78 valence electrons. The van der Waals surface area contributed by atoms with Crippen LogP contribution < -0.4 is 5.73 Å². The lowest BCUT2D eigenvalue weighted by Crippen LogP contribution is -1.98. The lowest BCUT2D eigenvalue weighted by molar-refractivity contribution is 0.878. The monoisotopic (exact) mass is 201 g/mol. The summed E-state index contributed by atoms with van der Waals surface area (Å²) in [7, 11) is 0. The van der Waals surface area contributed by atoms with Gasteiger partial charge in [-0.1, -0.05) is 19.1 Å². The standard InChI is InChI=1S/C12H15N3/c1-2-10-8-14-15(9-10)12-5-3-11(7-13)4-6-12/h3-6,8-9H,2,7,13H2,1H3. The molecule has 1 aromatic heterocycles. The second kappa shape index (κ2) is 4.28. The molecule has 1 aromatic carbocycles. The zero-order chi connectivity index (χ0) is 10.7. The summed E-state index contributed by atoms with van der Waals surface area (Å²) in [5, 5.41) is 4.30. The van der Waals surface area contributed by atoms with Crippen molar-refractivity contribution in [2.45, 2.75) is 19.9 Å². The van der Waals surface area contributed by atoms with Crippen LogP contribution >= 0.6 is 0 Å². The summed E-state index contributed by atoms with van der Waals surface area (Å²) in [6, 6.07) is 8.13. The highest BCUT2D eigenvalue weighted by molar-refractivity contribution is 5.34. The SMILES string of the molecule is CCc1cnn(-c2ccc(CN)cc2)c1. The van der Waals surface area contributed by atoms with Crippen LogP contribution in [0.4, 0.5) is 0 Å². The van der Waals surface area contributed by atoms with Gasteiger partial charge >= 0.3 is 0 Å². The van der Waals surface area contributed by atoms with Gasteiger partial charge in [0.15, 0.2) is 0 Å². The largest absolute Gasteiger partial charge is 0.326 e. The minimum Gasteiger partial charge on any atom is -0.326 e. The van der Waals surface area contributed by atoms with Crippen LogP contribution in [0.3, 0.4) is 0 Å². The van der Waals surface area contributed by atoms with Crippen molar-refractivity contribution in [2.24, 2.45) is 5.73 Å². The van der Waals surface area contributed by atoms with Crippen molar-refractivity contribution in [3.8, 4) is 5.69 Å². The average Bonchev–Trinajstić information content (AvgIpc) is 2.78. The highest BCUT2D eigenvalue weighted by atomic mass is 15.3. The summed E-state index contributed by atoms with van der Waals surface area (Å²) in [6.45, 7) is 2.71. The van der Waals surface area contributed by atoms with E-state index in [1.165, 1.54) is 5.56 Å². The Morgan fingerprint density at radius 2 is 1.93 bits per heavy atom. The number of hydrogen-bond donors (Lipinski definition) is 1. The quantitative estimate of drug-likeness (QED) is 0.824. The summed E-state index contributed by atoms with van der Waals surface area (Å²) in [6.07, 6.45) is 4.97. The highest BCUT2D eigenvalue weighted by Gasteiger charge is 1.99. The molecule has 0 spiro atoms. The molecule has 2 N–H and O–H groups in total. The molecular weight excluding hydrogens is 186 g/mol. The Labute approximate surface area is 89.5 Å². The smallest absolute Gasteiger partial charge is 0.0645 e. The number of hydrogen-bond acceptors (Lipinski definition) is 2. The Bertz CT molecular complexity index is 428. The van der Waals surface area contributed by atoms with Crippen LogP contribution in [0.1, 0.15) is 18.1 Å². The normalized spacial score (nSPS) is 10.5. The first-order valence-electron chi connectivity index (χ1n) is 5.16. The van der Waals surface area contributed by atoms with E-state index in [0.29, 0.717) is 6.54 Å². The van der Waals surface area contributed by atoms with Crippen molar-refractivity contribution in [1.82, 2.24) is 9.78 Å². The second-order valence-corrected chi connectivity index (χ2v) is 3.52.